The lowest BCUT2D eigenvalue weighted by atomic mass is 9.79. The molecule has 0 fully saturated rings. The monoisotopic (exact) mass is 857 g/mol. The number of benzene rings is 10. The van der Waals surface area contributed by atoms with Crippen LogP contribution in [0, 0.1) is 0 Å². The molecule has 0 atom stereocenters. The summed E-state index contributed by atoms with van der Waals surface area (Å²) in [5, 5.41) is 0. The lowest BCUT2D eigenvalue weighted by molar-refractivity contribution is 0.660. The van der Waals surface area contributed by atoms with Crippen LogP contribution >= 0.6 is 0 Å². The number of hydrogen-bond donors (Lipinski definition) is 0. The number of hydrogen-bond acceptors (Lipinski definition) is 1. The molecule has 2 aliphatic rings. The van der Waals surface area contributed by atoms with E-state index in [1.54, 1.807) is 0 Å². The zero-order valence-corrected chi connectivity index (χ0v) is 38.5. The fraction of sp³-hybridized carbons (Fsp3) is 0.0909. The third-order valence-electron chi connectivity index (χ3n) is 14.7. The first kappa shape index (κ1) is 40.5. The minimum atomic E-state index is -0.152. The van der Waals surface area contributed by atoms with Crippen LogP contribution in [-0.4, -0.2) is 0 Å². The van der Waals surface area contributed by atoms with Gasteiger partial charge in [-0.05, 0) is 125 Å². The first-order valence-corrected chi connectivity index (χ1v) is 23.6. The Bertz CT molecular complexity index is 3520. The fourth-order valence-electron chi connectivity index (χ4n) is 11.4. The molecule has 0 aliphatic heterocycles. The van der Waals surface area contributed by atoms with Crippen LogP contribution in [0.25, 0.3) is 77.9 Å². The zero-order valence-electron chi connectivity index (χ0n) is 38.5. The first-order chi connectivity index (χ1) is 32.8. The van der Waals surface area contributed by atoms with Crippen LogP contribution < -0.4 is 4.90 Å². The molecule has 10 aromatic carbocycles. The van der Waals surface area contributed by atoms with Crippen LogP contribution in [-0.2, 0) is 10.8 Å². The van der Waals surface area contributed by atoms with Crippen molar-refractivity contribution in [3.8, 4) is 77.9 Å². The molecule has 2 aliphatic carbocycles. The highest BCUT2D eigenvalue weighted by Crippen LogP contribution is 2.54. The Morgan fingerprint density at radius 3 is 1.34 bits per heavy atom. The molecule has 1 nitrogen and oxygen atoms in total. The van der Waals surface area contributed by atoms with Gasteiger partial charge in [0.2, 0.25) is 0 Å². The molecule has 67 heavy (non-hydrogen) atoms. The van der Waals surface area contributed by atoms with Crippen molar-refractivity contribution >= 4 is 17.1 Å². The van der Waals surface area contributed by atoms with E-state index in [4.69, 9.17) is 0 Å². The van der Waals surface area contributed by atoms with E-state index in [0.717, 1.165) is 28.2 Å². The molecule has 10 aromatic rings. The molecule has 0 heterocycles. The van der Waals surface area contributed by atoms with E-state index in [-0.39, 0.29) is 10.8 Å². The molecular weight excluding hydrogens is 807 g/mol. The molecule has 0 saturated carbocycles. The van der Waals surface area contributed by atoms with Crippen LogP contribution in [0.5, 0.6) is 0 Å². The van der Waals surface area contributed by atoms with Crippen molar-refractivity contribution in [1.29, 1.82) is 0 Å². The predicted octanol–water partition coefficient (Wildman–Crippen LogP) is 18.1. The van der Waals surface area contributed by atoms with Gasteiger partial charge < -0.3 is 4.90 Å². The Labute approximate surface area is 395 Å². The van der Waals surface area contributed by atoms with Gasteiger partial charge in [-0.2, -0.15) is 0 Å². The van der Waals surface area contributed by atoms with E-state index < -0.39 is 0 Å². The summed E-state index contributed by atoms with van der Waals surface area (Å²) in [5.74, 6) is 0. The SMILES string of the molecule is CC1(C)c2ccccc2-c2ccc(-c3ccccc3N(c3cccc(-c4cccc5c4C(C)(C)c4ccccc4-5)c3)c3ccccc3-c3ccc(-c4ccccc4)c(-c4ccccc4)c3)cc21. The van der Waals surface area contributed by atoms with E-state index in [1.165, 1.54) is 89.0 Å². The quantitative estimate of drug-likeness (QED) is 0.147. The highest BCUT2D eigenvalue weighted by atomic mass is 15.1. The fourth-order valence-corrected chi connectivity index (χ4v) is 11.4. The van der Waals surface area contributed by atoms with Crippen molar-refractivity contribution in [2.45, 2.75) is 38.5 Å². The van der Waals surface area contributed by atoms with Crippen molar-refractivity contribution in [3.05, 3.63) is 259 Å². The highest BCUT2D eigenvalue weighted by molar-refractivity contribution is 5.97. The van der Waals surface area contributed by atoms with Crippen LogP contribution in [0.4, 0.5) is 17.1 Å². The molecular formula is C66H51N. The maximum Gasteiger partial charge on any atom is 0.0540 e. The van der Waals surface area contributed by atoms with Crippen LogP contribution in [0.2, 0.25) is 0 Å². The second-order valence-corrected chi connectivity index (χ2v) is 19.2. The van der Waals surface area contributed by atoms with Gasteiger partial charge in [-0.1, -0.05) is 228 Å². The maximum absolute atomic E-state index is 2.51. The summed E-state index contributed by atoms with van der Waals surface area (Å²) in [6.07, 6.45) is 0. The molecule has 12 rings (SSSR count). The Balaban J connectivity index is 1.07. The third-order valence-corrected chi connectivity index (χ3v) is 14.7. The lowest BCUT2D eigenvalue weighted by Crippen LogP contribution is -2.16. The predicted molar refractivity (Wildman–Crippen MR) is 283 cm³/mol. The summed E-state index contributed by atoms with van der Waals surface area (Å²) in [4.78, 5) is 2.51. The average Bonchev–Trinajstić information content (AvgIpc) is 3.76. The Kier molecular flexibility index (Phi) is 9.59. The maximum atomic E-state index is 2.51. The van der Waals surface area contributed by atoms with Gasteiger partial charge in [0.05, 0.1) is 11.4 Å². The molecule has 0 N–H and O–H groups in total. The minimum absolute atomic E-state index is 0.122. The second-order valence-electron chi connectivity index (χ2n) is 19.2. The molecule has 0 saturated heterocycles. The Morgan fingerprint density at radius 1 is 0.254 bits per heavy atom. The van der Waals surface area contributed by atoms with Crippen LogP contribution in [0.15, 0.2) is 237 Å². The van der Waals surface area contributed by atoms with Crippen LogP contribution in [0.3, 0.4) is 0 Å². The molecule has 320 valence electrons. The highest BCUT2D eigenvalue weighted by Gasteiger charge is 2.38. The summed E-state index contributed by atoms with van der Waals surface area (Å²) < 4.78 is 0. The molecule has 0 bridgehead atoms. The van der Waals surface area contributed by atoms with E-state index in [9.17, 15) is 0 Å². The van der Waals surface area contributed by atoms with Gasteiger partial charge in [0.25, 0.3) is 0 Å². The number of para-hydroxylation sites is 2. The zero-order chi connectivity index (χ0) is 45.3. The largest absolute Gasteiger partial charge is 0.309 e. The second kappa shape index (κ2) is 15.9. The van der Waals surface area contributed by atoms with Crippen molar-refractivity contribution in [2.24, 2.45) is 0 Å². The van der Waals surface area contributed by atoms with Gasteiger partial charge in [-0.25, -0.2) is 0 Å². The van der Waals surface area contributed by atoms with Gasteiger partial charge in [0, 0.05) is 27.6 Å². The Morgan fingerprint density at radius 2 is 0.687 bits per heavy atom. The smallest absolute Gasteiger partial charge is 0.0540 e. The summed E-state index contributed by atoms with van der Waals surface area (Å²) in [6.45, 7) is 9.50. The first-order valence-electron chi connectivity index (χ1n) is 23.6. The lowest BCUT2D eigenvalue weighted by Gasteiger charge is -2.31. The van der Waals surface area contributed by atoms with E-state index in [1.807, 2.05) is 0 Å². The van der Waals surface area contributed by atoms with Gasteiger partial charge in [0.15, 0.2) is 0 Å². The molecule has 1 heteroatoms. The summed E-state index contributed by atoms with van der Waals surface area (Å²) in [7, 11) is 0. The number of rotatable bonds is 8. The van der Waals surface area contributed by atoms with Crippen molar-refractivity contribution in [1.82, 2.24) is 0 Å². The number of fused-ring (bicyclic) bond motifs is 6. The Hall–Kier alpha value is -8.00. The van der Waals surface area contributed by atoms with E-state index >= 15 is 0 Å². The molecule has 0 amide bonds. The number of nitrogens with zero attached hydrogens (tertiary/aromatic N) is 1. The van der Waals surface area contributed by atoms with Crippen LogP contribution in [0.1, 0.15) is 49.9 Å². The van der Waals surface area contributed by atoms with Gasteiger partial charge >= 0.3 is 0 Å². The number of anilines is 3. The molecule has 0 spiro atoms. The van der Waals surface area contributed by atoms with E-state index in [2.05, 4.69) is 269 Å². The van der Waals surface area contributed by atoms with E-state index in [0.29, 0.717) is 0 Å². The molecule has 0 radical (unpaired) electrons. The van der Waals surface area contributed by atoms with Crippen molar-refractivity contribution < 1.29 is 0 Å². The summed E-state index contributed by atoms with van der Waals surface area (Å²) in [5.41, 5.74) is 25.9. The average molecular weight is 858 g/mol. The molecule has 0 unspecified atom stereocenters. The normalized spacial score (nSPS) is 13.6. The topological polar surface area (TPSA) is 3.24 Å². The van der Waals surface area contributed by atoms with Crippen molar-refractivity contribution in [3.63, 3.8) is 0 Å². The minimum Gasteiger partial charge on any atom is -0.309 e. The third kappa shape index (κ3) is 6.60. The van der Waals surface area contributed by atoms with Gasteiger partial charge in [-0.3, -0.25) is 0 Å². The summed E-state index contributed by atoms with van der Waals surface area (Å²) in [6, 6.07) is 87.6. The van der Waals surface area contributed by atoms with Crippen molar-refractivity contribution in [2.75, 3.05) is 4.90 Å². The summed E-state index contributed by atoms with van der Waals surface area (Å²) >= 11 is 0. The van der Waals surface area contributed by atoms with Gasteiger partial charge in [0.1, 0.15) is 0 Å². The standard InChI is InChI=1S/C66H51N/c1-65(2)59-33-15-11-29-54(59)56-40-38-48(43-61(56)65)52-28-14-18-36-63(52)67(49-26-19-25-46(41-49)53-31-20-32-57-55-30-12-16-34-60(55)66(3,4)64(53)57)62-35-17-13-27-51(62)47-37-39-50(44-21-7-5-8-22-44)58(42-47)45-23-9-6-10-24-45/h5-43H,1-4H3. The van der Waals surface area contributed by atoms with Gasteiger partial charge in [-0.15, -0.1) is 0 Å². The molecule has 0 aromatic heterocycles.